The smallest absolute Gasteiger partial charge is 0.246 e. The number of benzene rings is 9. The topological polar surface area (TPSA) is 43.9 Å². The van der Waals surface area contributed by atoms with E-state index in [1.165, 1.54) is 54.1 Å². The second kappa shape index (κ2) is 10.3. The van der Waals surface area contributed by atoms with Crippen molar-refractivity contribution in [2.75, 3.05) is 0 Å². The quantitative estimate of drug-likeness (QED) is 0.173. The van der Waals surface area contributed by atoms with Gasteiger partial charge in [0.25, 0.3) is 0 Å². The molecule has 3 heterocycles. The summed E-state index contributed by atoms with van der Waals surface area (Å²) < 4.78 is 8.81. The molecule has 4 nitrogen and oxygen atoms in total. The third-order valence-electron chi connectivity index (χ3n) is 10.9. The summed E-state index contributed by atoms with van der Waals surface area (Å²) in [7, 11) is 0. The van der Waals surface area contributed by atoms with Gasteiger partial charge in [0.15, 0.2) is 0 Å². The number of rotatable bonds is 2. The summed E-state index contributed by atoms with van der Waals surface area (Å²) in [5, 5.41) is 13.1. The Hall–Kier alpha value is -7.04. The maximum Gasteiger partial charge on any atom is 0.246 e. The summed E-state index contributed by atoms with van der Waals surface area (Å²) in [6.07, 6.45) is 0. The van der Waals surface area contributed by atoms with Crippen LogP contribution in [0.4, 0.5) is 0 Å². The summed E-state index contributed by atoms with van der Waals surface area (Å²) in [4.78, 5) is 10.4. The van der Waals surface area contributed by atoms with Crippen molar-refractivity contribution < 1.29 is 4.42 Å². The molecule has 0 saturated heterocycles. The molecule has 0 aliphatic heterocycles. The van der Waals surface area contributed by atoms with Crippen molar-refractivity contribution in [3.63, 3.8) is 0 Å². The molecule has 0 bridgehead atoms. The van der Waals surface area contributed by atoms with Crippen LogP contribution in [0.15, 0.2) is 168 Å². The number of aromatic nitrogens is 3. The van der Waals surface area contributed by atoms with Gasteiger partial charge in [-0.3, -0.25) is 0 Å². The highest BCUT2D eigenvalue weighted by atomic mass is 16.3. The molecular weight excluding hydrogens is 635 g/mol. The molecule has 0 saturated carbocycles. The third-order valence-corrected chi connectivity index (χ3v) is 10.9. The van der Waals surface area contributed by atoms with E-state index in [1.54, 1.807) is 0 Å². The van der Waals surface area contributed by atoms with Gasteiger partial charge in [-0.05, 0) is 79.8 Å². The van der Waals surface area contributed by atoms with Crippen LogP contribution in [0.2, 0.25) is 0 Å². The van der Waals surface area contributed by atoms with E-state index in [0.29, 0.717) is 5.71 Å². The molecule has 0 unspecified atom stereocenters. The lowest BCUT2D eigenvalue weighted by atomic mass is 9.99. The monoisotopic (exact) mass is 661 g/mol. The van der Waals surface area contributed by atoms with Gasteiger partial charge < -0.3 is 8.98 Å². The zero-order chi connectivity index (χ0) is 33.9. The van der Waals surface area contributed by atoms with Gasteiger partial charge in [-0.1, -0.05) is 127 Å². The fraction of sp³-hybridized carbons (Fsp3) is 0. The van der Waals surface area contributed by atoms with E-state index in [1.807, 2.05) is 0 Å². The Labute approximate surface area is 296 Å². The van der Waals surface area contributed by atoms with E-state index in [4.69, 9.17) is 14.4 Å². The summed E-state index contributed by atoms with van der Waals surface area (Å²) in [5.74, 6) is 0. The third kappa shape index (κ3) is 3.75. The van der Waals surface area contributed by atoms with Crippen molar-refractivity contribution in [3.8, 4) is 16.8 Å². The number of hydrogen-bond donors (Lipinski definition) is 0. The van der Waals surface area contributed by atoms with Crippen LogP contribution in [0.5, 0.6) is 0 Å². The minimum absolute atomic E-state index is 0.554. The molecule has 0 atom stereocenters. The van der Waals surface area contributed by atoms with Crippen LogP contribution in [0.3, 0.4) is 0 Å². The SMILES string of the molecule is c1cc(-c2ccc3oc4nc5c6ccccc6c6ccccc6c5nc4c3c2)cc(-n2c3ccc4ccccc4c3c3c4ccccc4ccc32)c1. The summed E-state index contributed by atoms with van der Waals surface area (Å²) in [6.45, 7) is 0. The first kappa shape index (κ1) is 27.7. The largest absolute Gasteiger partial charge is 0.436 e. The first-order valence-corrected chi connectivity index (χ1v) is 17.7. The fourth-order valence-corrected chi connectivity index (χ4v) is 8.63. The van der Waals surface area contributed by atoms with Gasteiger partial charge >= 0.3 is 0 Å². The van der Waals surface area contributed by atoms with Crippen LogP contribution >= 0.6 is 0 Å². The van der Waals surface area contributed by atoms with Gasteiger partial charge in [0.1, 0.15) is 16.6 Å². The molecule has 0 N–H and O–H groups in total. The van der Waals surface area contributed by atoms with Crippen molar-refractivity contribution in [1.82, 2.24) is 14.5 Å². The van der Waals surface area contributed by atoms with E-state index in [9.17, 15) is 0 Å². The molecule has 0 fully saturated rings. The lowest BCUT2D eigenvalue weighted by Crippen LogP contribution is -1.94. The molecule has 9 aromatic carbocycles. The standard InChI is InChI=1S/C48H27N3O/c1-3-14-33-28(10-1)20-23-40-43(33)44-34-15-4-2-11-29(34)21-24-41(44)51(40)32-13-9-12-30(26-32)31-22-25-42-39(27-31)47-48(52-42)50-46-38-19-8-6-17-36(38)35-16-5-7-18-37(35)45(46)49-47/h1-27H. The molecule has 240 valence electrons. The van der Waals surface area contributed by atoms with Crippen molar-refractivity contribution in [2.45, 2.75) is 0 Å². The van der Waals surface area contributed by atoms with Crippen molar-refractivity contribution in [3.05, 3.63) is 164 Å². The van der Waals surface area contributed by atoms with Gasteiger partial charge in [0.05, 0.1) is 16.6 Å². The Kier molecular flexibility index (Phi) is 5.47. The molecule has 0 aliphatic rings. The Morgan fingerprint density at radius 1 is 0.385 bits per heavy atom. The first-order chi connectivity index (χ1) is 25.8. The molecule has 0 amide bonds. The summed E-state index contributed by atoms with van der Waals surface area (Å²) in [5.41, 5.74) is 9.59. The zero-order valence-electron chi connectivity index (χ0n) is 27.8. The zero-order valence-corrected chi connectivity index (χ0v) is 27.8. The van der Waals surface area contributed by atoms with Crippen molar-refractivity contribution in [2.24, 2.45) is 0 Å². The molecule has 0 radical (unpaired) electrons. The van der Waals surface area contributed by atoms with Gasteiger partial charge in [0, 0.05) is 32.6 Å². The Bertz CT molecular complexity index is 3390. The Morgan fingerprint density at radius 2 is 0.942 bits per heavy atom. The second-order valence-electron chi connectivity index (χ2n) is 13.7. The summed E-state index contributed by atoms with van der Waals surface area (Å²) in [6, 6.07) is 58.6. The maximum atomic E-state index is 6.38. The number of furan rings is 1. The van der Waals surface area contributed by atoms with Crippen LogP contribution in [0, 0.1) is 0 Å². The van der Waals surface area contributed by atoms with Crippen LogP contribution in [-0.4, -0.2) is 14.5 Å². The van der Waals surface area contributed by atoms with E-state index < -0.39 is 0 Å². The molecule has 4 heteroatoms. The van der Waals surface area contributed by atoms with E-state index in [0.717, 1.165) is 55.1 Å². The average molecular weight is 662 g/mol. The molecule has 0 spiro atoms. The van der Waals surface area contributed by atoms with Crippen molar-refractivity contribution >= 4 is 98.1 Å². The van der Waals surface area contributed by atoms with E-state index in [-0.39, 0.29) is 0 Å². The van der Waals surface area contributed by atoms with E-state index in [2.05, 4.69) is 168 Å². The van der Waals surface area contributed by atoms with Crippen LogP contribution < -0.4 is 0 Å². The normalized spacial score (nSPS) is 12.2. The Balaban J connectivity index is 1.09. The minimum Gasteiger partial charge on any atom is -0.436 e. The lowest BCUT2D eigenvalue weighted by Gasteiger charge is -2.11. The van der Waals surface area contributed by atoms with Gasteiger partial charge in [-0.2, -0.15) is 0 Å². The number of fused-ring (bicyclic) bond motifs is 16. The highest BCUT2D eigenvalue weighted by Gasteiger charge is 2.19. The average Bonchev–Trinajstić information content (AvgIpc) is 3.75. The number of hydrogen-bond acceptors (Lipinski definition) is 3. The van der Waals surface area contributed by atoms with E-state index >= 15 is 0 Å². The Morgan fingerprint density at radius 3 is 1.60 bits per heavy atom. The van der Waals surface area contributed by atoms with Crippen LogP contribution in [0.1, 0.15) is 0 Å². The highest BCUT2D eigenvalue weighted by molar-refractivity contribution is 6.29. The van der Waals surface area contributed by atoms with Crippen LogP contribution in [0.25, 0.3) is 115 Å². The molecule has 3 aromatic heterocycles. The second-order valence-corrected chi connectivity index (χ2v) is 13.7. The van der Waals surface area contributed by atoms with Gasteiger partial charge in [-0.15, -0.1) is 0 Å². The maximum absolute atomic E-state index is 6.38. The molecule has 12 aromatic rings. The summed E-state index contributed by atoms with van der Waals surface area (Å²) >= 11 is 0. The molecular formula is C48H27N3O. The molecule has 0 aliphatic carbocycles. The van der Waals surface area contributed by atoms with Crippen LogP contribution in [-0.2, 0) is 0 Å². The highest BCUT2D eigenvalue weighted by Crippen LogP contribution is 2.42. The van der Waals surface area contributed by atoms with Crippen molar-refractivity contribution in [1.29, 1.82) is 0 Å². The lowest BCUT2D eigenvalue weighted by molar-refractivity contribution is 0.655. The predicted octanol–water partition coefficient (Wildman–Crippen LogP) is 12.9. The fourth-order valence-electron chi connectivity index (χ4n) is 8.63. The van der Waals surface area contributed by atoms with Gasteiger partial charge in [-0.25, -0.2) is 9.97 Å². The molecule has 52 heavy (non-hydrogen) atoms. The van der Waals surface area contributed by atoms with Gasteiger partial charge in [0.2, 0.25) is 5.71 Å². The minimum atomic E-state index is 0.554. The predicted molar refractivity (Wildman–Crippen MR) is 217 cm³/mol. The first-order valence-electron chi connectivity index (χ1n) is 17.7. The number of nitrogens with zero attached hydrogens (tertiary/aromatic N) is 3. The molecule has 12 rings (SSSR count).